The Morgan fingerprint density at radius 3 is 2.63 bits per heavy atom. The lowest BCUT2D eigenvalue weighted by molar-refractivity contribution is -0.134. The molecule has 1 amide bonds. The minimum absolute atomic E-state index is 0. The van der Waals surface area contributed by atoms with Crippen LogP contribution in [0.4, 0.5) is 0 Å². The molecule has 1 aliphatic carbocycles. The number of carbonyl (C=O) groups excluding carboxylic acids is 1. The highest BCUT2D eigenvalue weighted by molar-refractivity contribution is 5.85. The molecule has 3 rings (SSSR count). The Labute approximate surface area is 170 Å². The van der Waals surface area contributed by atoms with Crippen LogP contribution in [0.1, 0.15) is 63.9 Å². The predicted octanol–water partition coefficient (Wildman–Crippen LogP) is 4.35. The summed E-state index contributed by atoms with van der Waals surface area (Å²) in [6.45, 7) is 5.09. The average Bonchev–Trinajstić information content (AvgIpc) is 3.18. The summed E-state index contributed by atoms with van der Waals surface area (Å²) in [6, 6.07) is 8.76. The van der Waals surface area contributed by atoms with Crippen molar-refractivity contribution in [2.75, 3.05) is 19.6 Å². The molecule has 152 valence electrons. The molecule has 1 aromatic carbocycles. The number of halogens is 1. The molecule has 5 heteroatoms. The maximum atomic E-state index is 12.8. The fourth-order valence-corrected chi connectivity index (χ4v) is 4.24. The van der Waals surface area contributed by atoms with Crippen molar-refractivity contribution in [2.45, 2.75) is 76.9 Å². The predicted molar refractivity (Wildman–Crippen MR) is 113 cm³/mol. The van der Waals surface area contributed by atoms with Crippen LogP contribution in [0.15, 0.2) is 24.3 Å². The summed E-state index contributed by atoms with van der Waals surface area (Å²) in [5.41, 5.74) is 1.20. The van der Waals surface area contributed by atoms with E-state index < -0.39 is 0 Å². The standard InChI is InChI=1S/C22H34N2O2.ClH/c1-2-16-24(19-12-14-23-15-13-19)22(25)11-10-18-6-5-9-21(17-18)26-20-7-3-4-8-20;/h5-6,9,17,19-20,23H,2-4,7-8,10-16H2,1H3;1H. The van der Waals surface area contributed by atoms with Crippen molar-refractivity contribution in [1.29, 1.82) is 0 Å². The van der Waals surface area contributed by atoms with Crippen molar-refractivity contribution in [1.82, 2.24) is 10.2 Å². The van der Waals surface area contributed by atoms with Gasteiger partial charge >= 0.3 is 0 Å². The van der Waals surface area contributed by atoms with Gasteiger partial charge in [-0.3, -0.25) is 4.79 Å². The summed E-state index contributed by atoms with van der Waals surface area (Å²) >= 11 is 0. The van der Waals surface area contributed by atoms with Gasteiger partial charge in [0.25, 0.3) is 0 Å². The average molecular weight is 395 g/mol. The quantitative estimate of drug-likeness (QED) is 0.712. The van der Waals surface area contributed by atoms with Crippen LogP contribution in [-0.4, -0.2) is 42.6 Å². The summed E-state index contributed by atoms with van der Waals surface area (Å²) < 4.78 is 6.10. The number of ether oxygens (including phenoxy) is 1. The van der Waals surface area contributed by atoms with Crippen molar-refractivity contribution in [3.8, 4) is 5.75 Å². The monoisotopic (exact) mass is 394 g/mol. The van der Waals surface area contributed by atoms with Crippen LogP contribution in [0.2, 0.25) is 0 Å². The number of amides is 1. The molecule has 1 aromatic rings. The molecule has 2 fully saturated rings. The van der Waals surface area contributed by atoms with Gasteiger partial charge in [-0.25, -0.2) is 0 Å². The third-order valence-electron chi connectivity index (χ3n) is 5.67. The van der Waals surface area contributed by atoms with Crippen LogP contribution >= 0.6 is 12.4 Å². The second-order valence-corrected chi connectivity index (χ2v) is 7.74. The molecule has 1 N–H and O–H groups in total. The zero-order chi connectivity index (χ0) is 18.2. The third-order valence-corrected chi connectivity index (χ3v) is 5.67. The van der Waals surface area contributed by atoms with Gasteiger partial charge in [-0.2, -0.15) is 0 Å². The first-order valence-electron chi connectivity index (χ1n) is 10.5. The van der Waals surface area contributed by atoms with Crippen LogP contribution in [0.5, 0.6) is 5.75 Å². The van der Waals surface area contributed by atoms with E-state index in [1.807, 2.05) is 6.07 Å². The van der Waals surface area contributed by atoms with Crippen LogP contribution in [-0.2, 0) is 11.2 Å². The summed E-state index contributed by atoms with van der Waals surface area (Å²) in [7, 11) is 0. The number of hydrogen-bond acceptors (Lipinski definition) is 3. The van der Waals surface area contributed by atoms with E-state index in [0.717, 1.165) is 51.1 Å². The van der Waals surface area contributed by atoms with Gasteiger partial charge in [-0.1, -0.05) is 19.1 Å². The molecule has 0 radical (unpaired) electrons. The second kappa shape index (κ2) is 11.6. The number of rotatable bonds is 8. The van der Waals surface area contributed by atoms with Crippen molar-refractivity contribution in [2.24, 2.45) is 0 Å². The number of piperidine rings is 1. The van der Waals surface area contributed by atoms with E-state index in [2.05, 4.69) is 35.3 Å². The van der Waals surface area contributed by atoms with Gasteiger partial charge < -0.3 is 15.0 Å². The van der Waals surface area contributed by atoms with Crippen molar-refractivity contribution < 1.29 is 9.53 Å². The Bertz CT molecular complexity index is 569. The van der Waals surface area contributed by atoms with Gasteiger partial charge in [0.05, 0.1) is 6.10 Å². The van der Waals surface area contributed by atoms with Crippen LogP contribution in [0.25, 0.3) is 0 Å². The largest absolute Gasteiger partial charge is 0.490 e. The van der Waals surface area contributed by atoms with Gasteiger partial charge in [-0.05, 0) is 82.2 Å². The first-order chi connectivity index (χ1) is 12.8. The van der Waals surface area contributed by atoms with Gasteiger partial charge in [0, 0.05) is 19.0 Å². The topological polar surface area (TPSA) is 41.6 Å². The molecule has 0 unspecified atom stereocenters. The van der Waals surface area contributed by atoms with E-state index in [1.54, 1.807) is 0 Å². The molecule has 0 bridgehead atoms. The van der Waals surface area contributed by atoms with Gasteiger partial charge in [0.15, 0.2) is 0 Å². The lowest BCUT2D eigenvalue weighted by atomic mass is 10.0. The maximum absolute atomic E-state index is 12.8. The number of carbonyl (C=O) groups is 1. The third kappa shape index (κ3) is 6.69. The van der Waals surface area contributed by atoms with Gasteiger partial charge in [0.2, 0.25) is 5.91 Å². The first kappa shape index (κ1) is 22.0. The van der Waals surface area contributed by atoms with Gasteiger partial charge in [-0.15, -0.1) is 12.4 Å². The van der Waals surface area contributed by atoms with Crippen LogP contribution < -0.4 is 10.1 Å². The Balaban J connectivity index is 0.00000261. The SMILES string of the molecule is CCCN(C(=O)CCc1cccc(OC2CCCC2)c1)C1CCNCC1.Cl. The van der Waals surface area contributed by atoms with E-state index in [0.29, 0.717) is 24.5 Å². The fourth-order valence-electron chi connectivity index (χ4n) is 4.24. The number of aryl methyl sites for hydroxylation is 1. The normalized spacial score (nSPS) is 18.1. The summed E-state index contributed by atoms with van der Waals surface area (Å²) in [6.07, 6.45) is 9.86. The zero-order valence-electron chi connectivity index (χ0n) is 16.6. The Morgan fingerprint density at radius 1 is 1.19 bits per heavy atom. The molecular weight excluding hydrogens is 360 g/mol. The molecule has 2 aliphatic rings. The van der Waals surface area contributed by atoms with E-state index in [1.165, 1.54) is 31.2 Å². The molecule has 1 saturated carbocycles. The number of nitrogens with one attached hydrogen (secondary N) is 1. The first-order valence-corrected chi connectivity index (χ1v) is 10.5. The lowest BCUT2D eigenvalue weighted by Crippen LogP contribution is -2.46. The minimum atomic E-state index is 0. The molecule has 0 aromatic heterocycles. The minimum Gasteiger partial charge on any atom is -0.490 e. The fraction of sp³-hybridized carbons (Fsp3) is 0.682. The van der Waals surface area contributed by atoms with Crippen molar-refractivity contribution in [3.05, 3.63) is 29.8 Å². The Kier molecular flexibility index (Phi) is 9.43. The molecule has 0 spiro atoms. The van der Waals surface area contributed by atoms with Crippen molar-refractivity contribution in [3.63, 3.8) is 0 Å². The van der Waals surface area contributed by atoms with Crippen LogP contribution in [0.3, 0.4) is 0 Å². The molecular formula is C22H35ClN2O2. The highest BCUT2D eigenvalue weighted by Crippen LogP contribution is 2.25. The molecule has 27 heavy (non-hydrogen) atoms. The summed E-state index contributed by atoms with van der Waals surface area (Å²) in [4.78, 5) is 15.0. The van der Waals surface area contributed by atoms with E-state index in [9.17, 15) is 4.79 Å². The maximum Gasteiger partial charge on any atom is 0.223 e. The molecule has 4 nitrogen and oxygen atoms in total. The van der Waals surface area contributed by atoms with Crippen LogP contribution in [0, 0.1) is 0 Å². The molecule has 0 atom stereocenters. The zero-order valence-corrected chi connectivity index (χ0v) is 17.4. The number of benzene rings is 1. The highest BCUT2D eigenvalue weighted by atomic mass is 35.5. The lowest BCUT2D eigenvalue weighted by Gasteiger charge is -2.34. The summed E-state index contributed by atoms with van der Waals surface area (Å²) in [5.74, 6) is 1.27. The molecule has 1 aliphatic heterocycles. The molecule has 1 heterocycles. The van der Waals surface area contributed by atoms with E-state index in [4.69, 9.17) is 4.74 Å². The summed E-state index contributed by atoms with van der Waals surface area (Å²) in [5, 5.41) is 3.39. The Morgan fingerprint density at radius 2 is 1.93 bits per heavy atom. The number of hydrogen-bond donors (Lipinski definition) is 1. The van der Waals surface area contributed by atoms with Gasteiger partial charge in [0.1, 0.15) is 5.75 Å². The number of nitrogens with zero attached hydrogens (tertiary/aromatic N) is 1. The van der Waals surface area contributed by atoms with E-state index >= 15 is 0 Å². The smallest absolute Gasteiger partial charge is 0.223 e. The second-order valence-electron chi connectivity index (χ2n) is 7.74. The van der Waals surface area contributed by atoms with Crippen molar-refractivity contribution >= 4 is 18.3 Å². The van der Waals surface area contributed by atoms with E-state index in [-0.39, 0.29) is 12.4 Å². The Hall–Kier alpha value is -1.26. The molecule has 1 saturated heterocycles. The highest BCUT2D eigenvalue weighted by Gasteiger charge is 2.24.